The second-order valence-corrected chi connectivity index (χ2v) is 0. The summed E-state index contributed by atoms with van der Waals surface area (Å²) < 4.78 is 0. The molecule has 0 unspecified atom stereocenters. The molecule has 4 heavy (non-hydrogen) atoms. The maximum atomic E-state index is 0. The van der Waals surface area contributed by atoms with Gasteiger partial charge in [-0.3, -0.25) is 0 Å². The van der Waals surface area contributed by atoms with E-state index in [1.165, 1.54) is 0 Å². The van der Waals surface area contributed by atoms with E-state index in [2.05, 4.69) is 0 Å². The van der Waals surface area contributed by atoms with Crippen LogP contribution in [0, 0.1) is 0 Å². The molecule has 0 bridgehead atoms. The van der Waals surface area contributed by atoms with Crippen LogP contribution in [0.3, 0.4) is 0 Å². The predicted molar refractivity (Wildman–Crippen MR) is 16.7 cm³/mol. The van der Waals surface area contributed by atoms with Gasteiger partial charge in [-0.1, -0.05) is 7.43 Å². The van der Waals surface area contributed by atoms with E-state index in [1.54, 1.807) is 0 Å². The molecule has 0 fully saturated rings. The van der Waals surface area contributed by atoms with Crippen LogP contribution in [0.25, 0.3) is 0 Å². The van der Waals surface area contributed by atoms with Crippen molar-refractivity contribution in [2.75, 3.05) is 0 Å². The van der Waals surface area contributed by atoms with E-state index in [0.717, 1.165) is 0 Å². The van der Waals surface area contributed by atoms with Gasteiger partial charge >= 0.3 is 0 Å². The Morgan fingerprint density at radius 2 is 1.00 bits per heavy atom. The molecule has 1 radical (unpaired) electrons. The molecule has 0 heterocycles. The van der Waals surface area contributed by atoms with Gasteiger partial charge in [0, 0.05) is 34.1 Å². The van der Waals surface area contributed by atoms with Crippen LogP contribution in [0.2, 0.25) is 0 Å². The van der Waals surface area contributed by atoms with Crippen LogP contribution in [-0.4, -0.2) is 17.4 Å². The molecule has 0 saturated heterocycles. The second kappa shape index (κ2) is 23.6. The van der Waals surface area contributed by atoms with E-state index >= 15 is 0 Å². The summed E-state index contributed by atoms with van der Waals surface area (Å²) in [5, 5.41) is 0. The second-order valence-electron chi connectivity index (χ2n) is 0. The van der Waals surface area contributed by atoms with Gasteiger partial charge in [-0.05, 0) is 0 Å². The van der Waals surface area contributed by atoms with Gasteiger partial charge in [0.05, 0.1) is 0 Å². The SMILES string of the molecule is C.[AlH3].[Fe].[Mn]. The average molecular weight is 157 g/mol. The minimum absolute atomic E-state index is 0. The van der Waals surface area contributed by atoms with Crippen molar-refractivity contribution in [3.05, 3.63) is 0 Å². The van der Waals surface area contributed by atoms with E-state index in [-0.39, 0.29) is 58.9 Å². The van der Waals surface area contributed by atoms with Crippen LogP contribution in [0.1, 0.15) is 7.43 Å². The Kier molecular flexibility index (Phi) is 278. The molecule has 3 heteroatoms. The third kappa shape index (κ3) is 9.56. The Morgan fingerprint density at radius 1 is 1.00 bits per heavy atom. The number of rotatable bonds is 0. The zero-order valence-electron chi connectivity index (χ0n) is 0.732. The first-order chi connectivity index (χ1) is 0. The molecule has 0 aliphatic carbocycles. The standard InChI is InChI=1S/CH4.Al.Fe.Mn.3H/h1H4;;;;;;. The van der Waals surface area contributed by atoms with Gasteiger partial charge in [-0.2, -0.15) is 0 Å². The summed E-state index contributed by atoms with van der Waals surface area (Å²) in [6.07, 6.45) is 0. The molecule has 0 N–H and O–H groups in total. The molecule has 0 aliphatic heterocycles. The van der Waals surface area contributed by atoms with Gasteiger partial charge in [0.2, 0.25) is 0 Å². The first kappa shape index (κ1) is 47.1. The van der Waals surface area contributed by atoms with Gasteiger partial charge in [0.15, 0.2) is 17.4 Å². The average Bonchev–Trinajstić information content (AvgIpc) is 0. The molecular formula is CH7AlFeMn. The summed E-state index contributed by atoms with van der Waals surface area (Å²) in [5.74, 6) is 0. The van der Waals surface area contributed by atoms with Crippen molar-refractivity contribution < 1.29 is 34.1 Å². The Hall–Kier alpha value is 1.57. The van der Waals surface area contributed by atoms with E-state index in [9.17, 15) is 0 Å². The van der Waals surface area contributed by atoms with Crippen molar-refractivity contribution in [2.24, 2.45) is 0 Å². The van der Waals surface area contributed by atoms with Crippen molar-refractivity contribution in [3.8, 4) is 0 Å². The zero-order valence-corrected chi connectivity index (χ0v) is 3.02. The number of hydrogen-bond donors (Lipinski definition) is 0. The zero-order chi connectivity index (χ0) is 0. The summed E-state index contributed by atoms with van der Waals surface area (Å²) in [6, 6.07) is 0. The van der Waals surface area contributed by atoms with Crippen molar-refractivity contribution in [1.82, 2.24) is 0 Å². The molecule has 0 spiro atoms. The minimum atomic E-state index is 0. The topological polar surface area (TPSA) is 0 Å². The van der Waals surface area contributed by atoms with Crippen LogP contribution in [-0.2, 0) is 34.1 Å². The van der Waals surface area contributed by atoms with Crippen molar-refractivity contribution in [3.63, 3.8) is 0 Å². The Balaban J connectivity index is 0. The fraction of sp³-hybridized carbons (Fsp3) is 1.00. The molecular weight excluding hydrogens is 150 g/mol. The number of hydrogen-bond acceptors (Lipinski definition) is 0. The Morgan fingerprint density at radius 3 is 1.00 bits per heavy atom. The molecule has 0 aromatic heterocycles. The minimum Gasteiger partial charge on any atom is -0.0776 e. The summed E-state index contributed by atoms with van der Waals surface area (Å²) in [4.78, 5) is 0. The van der Waals surface area contributed by atoms with Crippen LogP contribution >= 0.6 is 0 Å². The fourth-order valence-corrected chi connectivity index (χ4v) is 0. The third-order valence-electron chi connectivity index (χ3n) is 0. The molecule has 0 saturated carbocycles. The van der Waals surface area contributed by atoms with Gasteiger partial charge in [-0.15, -0.1) is 0 Å². The van der Waals surface area contributed by atoms with E-state index < -0.39 is 0 Å². The van der Waals surface area contributed by atoms with E-state index in [1.807, 2.05) is 0 Å². The van der Waals surface area contributed by atoms with Crippen LogP contribution < -0.4 is 0 Å². The maximum Gasteiger partial charge on any atom is 0.187 e. The summed E-state index contributed by atoms with van der Waals surface area (Å²) in [7, 11) is 0. The van der Waals surface area contributed by atoms with Crippen LogP contribution in [0.4, 0.5) is 0 Å². The quantitative estimate of drug-likeness (QED) is 0.413. The van der Waals surface area contributed by atoms with Crippen LogP contribution in [0.15, 0.2) is 0 Å². The van der Waals surface area contributed by atoms with E-state index in [4.69, 9.17) is 0 Å². The van der Waals surface area contributed by atoms with E-state index in [0.29, 0.717) is 0 Å². The van der Waals surface area contributed by atoms with Gasteiger partial charge in [0.25, 0.3) is 0 Å². The fourth-order valence-electron chi connectivity index (χ4n) is 0. The maximum absolute atomic E-state index is 0. The first-order valence-electron chi connectivity index (χ1n) is 0. The normalized spacial score (nSPS) is 0. The molecule has 0 aliphatic rings. The molecule has 0 aromatic carbocycles. The summed E-state index contributed by atoms with van der Waals surface area (Å²) in [5.41, 5.74) is 0. The molecule has 0 atom stereocenters. The van der Waals surface area contributed by atoms with Crippen molar-refractivity contribution in [2.45, 2.75) is 7.43 Å². The molecule has 0 aromatic rings. The van der Waals surface area contributed by atoms with Crippen LogP contribution in [0.5, 0.6) is 0 Å². The smallest absolute Gasteiger partial charge is 0.0776 e. The molecule has 0 rings (SSSR count). The van der Waals surface area contributed by atoms with Gasteiger partial charge in [-0.25, -0.2) is 0 Å². The van der Waals surface area contributed by atoms with Crippen molar-refractivity contribution >= 4 is 17.4 Å². The molecule has 0 amide bonds. The third-order valence-corrected chi connectivity index (χ3v) is 0. The monoisotopic (exact) mass is 157 g/mol. The Bertz CT molecular complexity index is 8.00. The largest absolute Gasteiger partial charge is 0.187 e. The van der Waals surface area contributed by atoms with Gasteiger partial charge < -0.3 is 0 Å². The molecule has 0 nitrogen and oxygen atoms in total. The summed E-state index contributed by atoms with van der Waals surface area (Å²) >= 11 is 0. The van der Waals surface area contributed by atoms with Crippen molar-refractivity contribution in [1.29, 1.82) is 0 Å². The van der Waals surface area contributed by atoms with Gasteiger partial charge in [0.1, 0.15) is 0 Å². The molecule has 29 valence electrons. The predicted octanol–water partition coefficient (Wildman–Crippen LogP) is -0.553. The first-order valence-corrected chi connectivity index (χ1v) is 0. The Labute approximate surface area is 58.8 Å². The summed E-state index contributed by atoms with van der Waals surface area (Å²) in [6.45, 7) is 0.